The van der Waals surface area contributed by atoms with Crippen molar-refractivity contribution in [2.45, 2.75) is 26.2 Å². The zero-order valence-corrected chi connectivity index (χ0v) is 14.9. The van der Waals surface area contributed by atoms with Gasteiger partial charge in [0.05, 0.1) is 18.4 Å². The Morgan fingerprint density at radius 3 is 2.31 bits per heavy atom. The lowest BCUT2D eigenvalue weighted by Crippen LogP contribution is -2.15. The molecule has 2 N–H and O–H groups in total. The van der Waals surface area contributed by atoms with Gasteiger partial charge in [-0.15, -0.1) is 0 Å². The van der Waals surface area contributed by atoms with Gasteiger partial charge in [0.1, 0.15) is 0 Å². The molecule has 6 nitrogen and oxygen atoms in total. The Morgan fingerprint density at radius 2 is 1.65 bits per heavy atom. The number of para-hydroxylation sites is 1. The zero-order chi connectivity index (χ0) is 18.9. The molecule has 2 amide bonds. The number of carbonyl (C=O) groups is 3. The molecular formula is C20H22N2O4. The minimum absolute atomic E-state index is 0.0453. The molecule has 2 aromatic rings. The lowest BCUT2D eigenvalue weighted by molar-refractivity contribution is -0.116. The van der Waals surface area contributed by atoms with E-state index in [1.165, 1.54) is 7.11 Å². The van der Waals surface area contributed by atoms with Gasteiger partial charge < -0.3 is 15.4 Å². The van der Waals surface area contributed by atoms with Crippen LogP contribution in [0.5, 0.6) is 0 Å². The second-order valence-electron chi connectivity index (χ2n) is 5.72. The van der Waals surface area contributed by atoms with Gasteiger partial charge >= 0.3 is 5.97 Å². The van der Waals surface area contributed by atoms with Gasteiger partial charge in [0, 0.05) is 17.7 Å². The monoisotopic (exact) mass is 354 g/mol. The fraction of sp³-hybridized carbons (Fsp3) is 0.250. The Hall–Kier alpha value is -3.15. The summed E-state index contributed by atoms with van der Waals surface area (Å²) in [7, 11) is 1.29. The van der Waals surface area contributed by atoms with E-state index in [0.717, 1.165) is 12.8 Å². The van der Waals surface area contributed by atoms with E-state index < -0.39 is 5.97 Å². The van der Waals surface area contributed by atoms with E-state index in [0.29, 0.717) is 23.4 Å². The molecule has 0 saturated carbocycles. The van der Waals surface area contributed by atoms with Gasteiger partial charge in [-0.05, 0) is 42.8 Å². The van der Waals surface area contributed by atoms with Crippen molar-refractivity contribution < 1.29 is 19.1 Å². The molecule has 0 unspecified atom stereocenters. The molecule has 0 atom stereocenters. The third kappa shape index (κ3) is 5.17. The van der Waals surface area contributed by atoms with Crippen LogP contribution >= 0.6 is 0 Å². The molecule has 0 heterocycles. The molecule has 0 saturated heterocycles. The molecule has 0 aliphatic heterocycles. The number of benzene rings is 2. The third-order valence-corrected chi connectivity index (χ3v) is 3.77. The smallest absolute Gasteiger partial charge is 0.339 e. The molecule has 2 aromatic carbocycles. The summed E-state index contributed by atoms with van der Waals surface area (Å²) in [5.41, 5.74) is 1.71. The Morgan fingerprint density at radius 1 is 0.962 bits per heavy atom. The van der Waals surface area contributed by atoms with Crippen LogP contribution in [0.1, 0.15) is 46.9 Å². The van der Waals surface area contributed by atoms with Crippen molar-refractivity contribution in [2.75, 3.05) is 17.7 Å². The Bertz CT molecular complexity index is 785. The topological polar surface area (TPSA) is 84.5 Å². The first-order chi connectivity index (χ1) is 12.5. The van der Waals surface area contributed by atoms with Crippen molar-refractivity contribution in [3.05, 3.63) is 59.7 Å². The predicted octanol–water partition coefficient (Wildman–Crippen LogP) is 3.85. The van der Waals surface area contributed by atoms with Crippen LogP contribution in [0.4, 0.5) is 11.4 Å². The van der Waals surface area contributed by atoms with Crippen molar-refractivity contribution in [1.29, 1.82) is 0 Å². The van der Waals surface area contributed by atoms with Crippen LogP contribution in [0.15, 0.2) is 48.5 Å². The van der Waals surface area contributed by atoms with Gasteiger partial charge in [-0.3, -0.25) is 9.59 Å². The molecule has 136 valence electrons. The number of amides is 2. The number of nitrogens with one attached hydrogen (secondary N) is 2. The van der Waals surface area contributed by atoms with Crippen LogP contribution in [-0.2, 0) is 9.53 Å². The molecule has 0 bridgehead atoms. The molecular weight excluding hydrogens is 332 g/mol. The minimum Gasteiger partial charge on any atom is -0.465 e. The summed E-state index contributed by atoms with van der Waals surface area (Å²) < 4.78 is 4.71. The first-order valence-corrected chi connectivity index (χ1v) is 8.43. The van der Waals surface area contributed by atoms with Crippen LogP contribution in [-0.4, -0.2) is 24.9 Å². The molecule has 0 aliphatic carbocycles. The van der Waals surface area contributed by atoms with Crippen LogP contribution in [0.2, 0.25) is 0 Å². The molecule has 0 radical (unpaired) electrons. The number of esters is 1. The van der Waals surface area contributed by atoms with E-state index in [1.807, 2.05) is 6.92 Å². The summed E-state index contributed by atoms with van der Waals surface area (Å²) in [4.78, 5) is 35.9. The number of unbranched alkanes of at least 4 members (excludes halogenated alkanes) is 1. The van der Waals surface area contributed by atoms with E-state index >= 15 is 0 Å². The summed E-state index contributed by atoms with van der Waals surface area (Å²) in [6.45, 7) is 2.03. The summed E-state index contributed by atoms with van der Waals surface area (Å²) in [5.74, 6) is -0.924. The first-order valence-electron chi connectivity index (χ1n) is 8.43. The molecule has 26 heavy (non-hydrogen) atoms. The number of methoxy groups -OCH3 is 1. The second kappa shape index (κ2) is 9.36. The van der Waals surface area contributed by atoms with Crippen LogP contribution in [0, 0.1) is 0 Å². The Balaban J connectivity index is 2.05. The number of hydrogen-bond acceptors (Lipinski definition) is 4. The van der Waals surface area contributed by atoms with Gasteiger partial charge in [-0.2, -0.15) is 0 Å². The largest absolute Gasteiger partial charge is 0.465 e. The maximum Gasteiger partial charge on any atom is 0.339 e. The number of hydrogen-bond donors (Lipinski definition) is 2. The van der Waals surface area contributed by atoms with E-state index in [9.17, 15) is 14.4 Å². The van der Waals surface area contributed by atoms with Crippen molar-refractivity contribution in [3.8, 4) is 0 Å². The van der Waals surface area contributed by atoms with Crippen LogP contribution in [0.3, 0.4) is 0 Å². The highest BCUT2D eigenvalue weighted by atomic mass is 16.5. The van der Waals surface area contributed by atoms with Crippen LogP contribution in [0.25, 0.3) is 0 Å². The lowest BCUT2D eigenvalue weighted by Gasteiger charge is -2.10. The minimum atomic E-state index is -0.522. The number of ether oxygens (including phenoxy) is 1. The number of anilines is 2. The average Bonchev–Trinajstić information content (AvgIpc) is 2.66. The van der Waals surface area contributed by atoms with Gasteiger partial charge in [0.2, 0.25) is 5.91 Å². The zero-order valence-electron chi connectivity index (χ0n) is 14.9. The molecule has 2 rings (SSSR count). The van der Waals surface area contributed by atoms with Gasteiger partial charge in [-0.1, -0.05) is 25.5 Å². The quantitative estimate of drug-likeness (QED) is 0.740. The average molecular weight is 354 g/mol. The lowest BCUT2D eigenvalue weighted by atomic mass is 10.1. The normalized spacial score (nSPS) is 10.1. The summed E-state index contributed by atoms with van der Waals surface area (Å²) in [6, 6.07) is 13.2. The van der Waals surface area contributed by atoms with Crippen molar-refractivity contribution in [1.82, 2.24) is 0 Å². The highest BCUT2D eigenvalue weighted by molar-refractivity contribution is 6.08. The van der Waals surface area contributed by atoms with Gasteiger partial charge in [0.15, 0.2) is 0 Å². The third-order valence-electron chi connectivity index (χ3n) is 3.77. The fourth-order valence-electron chi connectivity index (χ4n) is 2.34. The number of carbonyl (C=O) groups excluding carboxylic acids is 3. The fourth-order valence-corrected chi connectivity index (χ4v) is 2.34. The van der Waals surface area contributed by atoms with Crippen molar-refractivity contribution in [2.24, 2.45) is 0 Å². The molecule has 6 heteroatoms. The molecule has 0 aromatic heterocycles. The summed E-state index contributed by atoms with van der Waals surface area (Å²) in [5, 5.41) is 5.50. The Labute approximate surface area is 152 Å². The molecule has 0 aliphatic rings. The van der Waals surface area contributed by atoms with E-state index in [4.69, 9.17) is 4.74 Å². The molecule has 0 spiro atoms. The second-order valence-corrected chi connectivity index (χ2v) is 5.72. The van der Waals surface area contributed by atoms with Gasteiger partial charge in [0.25, 0.3) is 5.91 Å². The highest BCUT2D eigenvalue weighted by Crippen LogP contribution is 2.18. The van der Waals surface area contributed by atoms with E-state index in [1.54, 1.807) is 48.5 Å². The maximum atomic E-state index is 12.4. The van der Waals surface area contributed by atoms with E-state index in [-0.39, 0.29) is 17.4 Å². The standard InChI is InChI=1S/C20H22N2O4/c1-3-4-9-18(23)21-15-12-10-14(11-13-15)19(24)22-17-8-6-5-7-16(17)20(25)26-2/h5-8,10-13H,3-4,9H2,1-2H3,(H,21,23)(H,22,24). The Kier molecular flexibility index (Phi) is 6.91. The highest BCUT2D eigenvalue weighted by Gasteiger charge is 2.14. The van der Waals surface area contributed by atoms with Crippen molar-refractivity contribution in [3.63, 3.8) is 0 Å². The predicted molar refractivity (Wildman–Crippen MR) is 100 cm³/mol. The van der Waals surface area contributed by atoms with Crippen molar-refractivity contribution >= 4 is 29.2 Å². The van der Waals surface area contributed by atoms with E-state index in [2.05, 4.69) is 10.6 Å². The van der Waals surface area contributed by atoms with Gasteiger partial charge in [-0.25, -0.2) is 4.79 Å². The maximum absolute atomic E-state index is 12.4. The SMILES string of the molecule is CCCCC(=O)Nc1ccc(C(=O)Nc2ccccc2C(=O)OC)cc1. The molecule has 0 fully saturated rings. The summed E-state index contributed by atoms with van der Waals surface area (Å²) >= 11 is 0. The number of rotatable bonds is 7. The summed E-state index contributed by atoms with van der Waals surface area (Å²) in [6.07, 6.45) is 2.27. The first kappa shape index (κ1) is 19.2. The van der Waals surface area contributed by atoms with Crippen LogP contribution < -0.4 is 10.6 Å².